The van der Waals surface area contributed by atoms with Crippen LogP contribution in [0.4, 0.5) is 5.82 Å². The monoisotopic (exact) mass is 376 g/mol. The van der Waals surface area contributed by atoms with Gasteiger partial charge in [-0.15, -0.1) is 10.2 Å². The Morgan fingerprint density at radius 2 is 1.89 bits per heavy atom. The van der Waals surface area contributed by atoms with Crippen LogP contribution in [0.25, 0.3) is 11.9 Å². The standard InChI is InChI=1S/C21H24N6O/c1-15-6-4-5-7-18(15)8-11-21(28)23-13-12-22-19-9-10-20(25-24-19)27-17(3)14-16(2)26-27/h4-11,14H,12-13H2,1-3H3,(H,22,24)(H,23,28)/b11-8+. The molecule has 7 nitrogen and oxygen atoms in total. The van der Waals surface area contributed by atoms with Gasteiger partial charge in [0.2, 0.25) is 5.91 Å². The van der Waals surface area contributed by atoms with Crippen LogP contribution < -0.4 is 10.6 Å². The lowest BCUT2D eigenvalue weighted by molar-refractivity contribution is -0.116. The number of aromatic nitrogens is 4. The van der Waals surface area contributed by atoms with E-state index >= 15 is 0 Å². The van der Waals surface area contributed by atoms with E-state index in [0.717, 1.165) is 22.5 Å². The van der Waals surface area contributed by atoms with Crippen molar-refractivity contribution in [1.29, 1.82) is 0 Å². The molecule has 0 unspecified atom stereocenters. The molecule has 7 heteroatoms. The van der Waals surface area contributed by atoms with Crippen molar-refractivity contribution in [3.8, 4) is 5.82 Å². The van der Waals surface area contributed by atoms with Gasteiger partial charge in [0, 0.05) is 24.9 Å². The van der Waals surface area contributed by atoms with Gasteiger partial charge in [-0.2, -0.15) is 5.10 Å². The lowest BCUT2D eigenvalue weighted by Crippen LogP contribution is -2.27. The molecular formula is C21H24N6O. The molecule has 0 spiro atoms. The van der Waals surface area contributed by atoms with Crippen molar-refractivity contribution >= 4 is 17.8 Å². The summed E-state index contributed by atoms with van der Waals surface area (Å²) in [5.41, 5.74) is 4.12. The lowest BCUT2D eigenvalue weighted by atomic mass is 10.1. The summed E-state index contributed by atoms with van der Waals surface area (Å²) in [5.74, 6) is 1.19. The molecule has 0 radical (unpaired) electrons. The average Bonchev–Trinajstić information content (AvgIpc) is 3.03. The van der Waals surface area contributed by atoms with Gasteiger partial charge in [-0.05, 0) is 56.2 Å². The molecule has 2 aromatic heterocycles. The van der Waals surface area contributed by atoms with E-state index in [1.165, 1.54) is 0 Å². The summed E-state index contributed by atoms with van der Waals surface area (Å²) in [5, 5.41) is 18.7. The SMILES string of the molecule is Cc1cc(C)n(-c2ccc(NCCNC(=O)/C=C/c3ccccc3C)nn2)n1. The highest BCUT2D eigenvalue weighted by Crippen LogP contribution is 2.10. The van der Waals surface area contributed by atoms with E-state index in [4.69, 9.17) is 0 Å². The highest BCUT2D eigenvalue weighted by molar-refractivity contribution is 5.91. The predicted molar refractivity (Wildman–Crippen MR) is 110 cm³/mol. The van der Waals surface area contributed by atoms with E-state index < -0.39 is 0 Å². The highest BCUT2D eigenvalue weighted by atomic mass is 16.1. The van der Waals surface area contributed by atoms with E-state index in [9.17, 15) is 4.79 Å². The van der Waals surface area contributed by atoms with Crippen LogP contribution in [-0.2, 0) is 4.79 Å². The zero-order valence-electron chi connectivity index (χ0n) is 16.3. The molecular weight excluding hydrogens is 352 g/mol. The third-order valence-electron chi connectivity index (χ3n) is 4.21. The summed E-state index contributed by atoms with van der Waals surface area (Å²) < 4.78 is 1.76. The number of benzene rings is 1. The fourth-order valence-electron chi connectivity index (χ4n) is 2.77. The molecule has 1 aromatic carbocycles. The van der Waals surface area contributed by atoms with Crippen LogP contribution in [0, 0.1) is 20.8 Å². The van der Waals surface area contributed by atoms with Gasteiger partial charge in [-0.25, -0.2) is 4.68 Å². The van der Waals surface area contributed by atoms with E-state index in [0.29, 0.717) is 24.7 Å². The molecule has 144 valence electrons. The Bertz CT molecular complexity index is 975. The molecule has 1 amide bonds. The summed E-state index contributed by atoms with van der Waals surface area (Å²) in [6, 6.07) is 13.6. The van der Waals surface area contributed by atoms with Crippen molar-refractivity contribution in [2.75, 3.05) is 18.4 Å². The smallest absolute Gasteiger partial charge is 0.244 e. The van der Waals surface area contributed by atoms with E-state index in [2.05, 4.69) is 25.9 Å². The molecule has 0 bridgehead atoms. The van der Waals surface area contributed by atoms with E-state index in [1.807, 2.05) is 69.3 Å². The zero-order chi connectivity index (χ0) is 19.9. The van der Waals surface area contributed by atoms with Crippen LogP contribution in [0.1, 0.15) is 22.5 Å². The first kappa shape index (κ1) is 19.3. The lowest BCUT2D eigenvalue weighted by Gasteiger charge is -2.07. The Kier molecular flexibility index (Phi) is 6.16. The number of rotatable bonds is 7. The fourth-order valence-corrected chi connectivity index (χ4v) is 2.77. The van der Waals surface area contributed by atoms with Crippen molar-refractivity contribution in [1.82, 2.24) is 25.3 Å². The second kappa shape index (κ2) is 8.94. The number of nitrogens with zero attached hydrogens (tertiary/aromatic N) is 4. The minimum Gasteiger partial charge on any atom is -0.367 e. The van der Waals surface area contributed by atoms with E-state index in [-0.39, 0.29) is 5.91 Å². The Hall–Kier alpha value is -3.48. The minimum absolute atomic E-state index is 0.129. The van der Waals surface area contributed by atoms with Crippen molar-refractivity contribution < 1.29 is 4.79 Å². The van der Waals surface area contributed by atoms with Crippen molar-refractivity contribution in [3.63, 3.8) is 0 Å². The third kappa shape index (κ3) is 5.03. The number of nitrogens with one attached hydrogen (secondary N) is 2. The van der Waals surface area contributed by atoms with Crippen LogP contribution in [-0.4, -0.2) is 39.0 Å². The molecule has 0 aliphatic carbocycles. The number of aryl methyl sites for hydroxylation is 3. The number of carbonyl (C=O) groups excluding carboxylic acids is 1. The topological polar surface area (TPSA) is 84.7 Å². The van der Waals surface area contributed by atoms with Crippen LogP contribution in [0.5, 0.6) is 0 Å². The Morgan fingerprint density at radius 1 is 1.07 bits per heavy atom. The predicted octanol–water partition coefficient (Wildman–Crippen LogP) is 2.83. The number of anilines is 1. The van der Waals surface area contributed by atoms with Gasteiger partial charge in [0.15, 0.2) is 5.82 Å². The summed E-state index contributed by atoms with van der Waals surface area (Å²) in [7, 11) is 0. The van der Waals surface area contributed by atoms with Crippen molar-refractivity contribution in [3.05, 3.63) is 71.1 Å². The van der Waals surface area contributed by atoms with Crippen molar-refractivity contribution in [2.45, 2.75) is 20.8 Å². The molecule has 3 rings (SSSR count). The van der Waals surface area contributed by atoms with Crippen LogP contribution in [0.15, 0.2) is 48.5 Å². The molecule has 0 fully saturated rings. The summed E-state index contributed by atoms with van der Waals surface area (Å²) in [4.78, 5) is 11.9. The fraction of sp³-hybridized carbons (Fsp3) is 0.238. The van der Waals surface area contributed by atoms with Gasteiger partial charge in [0.05, 0.1) is 5.69 Å². The Labute approximate surface area is 164 Å². The Balaban J connectivity index is 1.44. The van der Waals surface area contributed by atoms with Crippen LogP contribution in [0.3, 0.4) is 0 Å². The molecule has 0 saturated carbocycles. The largest absolute Gasteiger partial charge is 0.367 e. The summed E-state index contributed by atoms with van der Waals surface area (Å²) >= 11 is 0. The first-order valence-corrected chi connectivity index (χ1v) is 9.16. The number of carbonyl (C=O) groups is 1. The van der Waals surface area contributed by atoms with Gasteiger partial charge in [0.1, 0.15) is 5.82 Å². The molecule has 2 N–H and O–H groups in total. The molecule has 28 heavy (non-hydrogen) atoms. The minimum atomic E-state index is -0.129. The first-order chi connectivity index (χ1) is 13.5. The second-order valence-electron chi connectivity index (χ2n) is 6.52. The number of amides is 1. The van der Waals surface area contributed by atoms with Gasteiger partial charge in [-0.1, -0.05) is 24.3 Å². The van der Waals surface area contributed by atoms with Crippen LogP contribution >= 0.6 is 0 Å². The van der Waals surface area contributed by atoms with Gasteiger partial charge < -0.3 is 10.6 Å². The second-order valence-corrected chi connectivity index (χ2v) is 6.52. The van der Waals surface area contributed by atoms with Gasteiger partial charge in [-0.3, -0.25) is 4.79 Å². The maximum atomic E-state index is 11.9. The van der Waals surface area contributed by atoms with Crippen molar-refractivity contribution in [2.24, 2.45) is 0 Å². The van der Waals surface area contributed by atoms with Gasteiger partial charge >= 0.3 is 0 Å². The highest BCUT2D eigenvalue weighted by Gasteiger charge is 2.05. The summed E-state index contributed by atoms with van der Waals surface area (Å²) in [6.45, 7) is 6.97. The normalized spacial score (nSPS) is 11.0. The summed E-state index contributed by atoms with van der Waals surface area (Å²) in [6.07, 6.45) is 3.37. The van der Waals surface area contributed by atoms with E-state index in [1.54, 1.807) is 10.8 Å². The first-order valence-electron chi connectivity index (χ1n) is 9.16. The molecule has 0 aliphatic heterocycles. The quantitative estimate of drug-likeness (QED) is 0.489. The average molecular weight is 376 g/mol. The number of hydrogen-bond donors (Lipinski definition) is 2. The maximum Gasteiger partial charge on any atom is 0.244 e. The Morgan fingerprint density at radius 3 is 2.57 bits per heavy atom. The maximum absolute atomic E-state index is 11.9. The zero-order valence-corrected chi connectivity index (χ0v) is 16.3. The molecule has 3 aromatic rings. The third-order valence-corrected chi connectivity index (χ3v) is 4.21. The van der Waals surface area contributed by atoms with Crippen LogP contribution in [0.2, 0.25) is 0 Å². The molecule has 0 atom stereocenters. The van der Waals surface area contributed by atoms with Gasteiger partial charge in [0.25, 0.3) is 0 Å². The number of hydrogen-bond acceptors (Lipinski definition) is 5. The molecule has 0 saturated heterocycles. The molecule has 2 heterocycles. The molecule has 0 aliphatic rings.